The topological polar surface area (TPSA) is 69.6 Å². The summed E-state index contributed by atoms with van der Waals surface area (Å²) in [6, 6.07) is 6.59. The van der Waals surface area contributed by atoms with Gasteiger partial charge in [0.05, 0.1) is 12.5 Å². The first-order valence-corrected chi connectivity index (χ1v) is 7.59. The highest BCUT2D eigenvalue weighted by Crippen LogP contribution is 2.38. The van der Waals surface area contributed by atoms with Crippen molar-refractivity contribution in [2.75, 3.05) is 19.6 Å². The van der Waals surface area contributed by atoms with E-state index in [9.17, 15) is 27.9 Å². The zero-order chi connectivity index (χ0) is 18.0. The molecule has 8 heteroatoms. The van der Waals surface area contributed by atoms with Gasteiger partial charge in [-0.05, 0) is 12.5 Å². The van der Waals surface area contributed by atoms with Crippen LogP contribution in [0, 0.1) is 5.92 Å². The third kappa shape index (κ3) is 3.53. The van der Waals surface area contributed by atoms with Crippen LogP contribution < -0.4 is 5.32 Å². The summed E-state index contributed by atoms with van der Waals surface area (Å²) in [6.45, 7) is 1.38. The first kappa shape index (κ1) is 18.3. The van der Waals surface area contributed by atoms with E-state index >= 15 is 0 Å². The van der Waals surface area contributed by atoms with Crippen molar-refractivity contribution in [1.82, 2.24) is 10.2 Å². The van der Waals surface area contributed by atoms with Crippen LogP contribution >= 0.6 is 0 Å². The Morgan fingerprint density at radius 1 is 1.33 bits per heavy atom. The number of nitrogens with one attached hydrogen (secondary N) is 1. The van der Waals surface area contributed by atoms with Gasteiger partial charge >= 0.3 is 6.18 Å². The van der Waals surface area contributed by atoms with Crippen molar-refractivity contribution < 1.29 is 27.9 Å². The monoisotopic (exact) mass is 344 g/mol. The minimum absolute atomic E-state index is 0.0323. The van der Waals surface area contributed by atoms with Crippen LogP contribution in [0.25, 0.3) is 0 Å². The van der Waals surface area contributed by atoms with Crippen molar-refractivity contribution >= 4 is 11.8 Å². The third-order valence-corrected chi connectivity index (χ3v) is 4.21. The highest BCUT2D eigenvalue weighted by molar-refractivity contribution is 5.89. The van der Waals surface area contributed by atoms with Crippen LogP contribution in [0.1, 0.15) is 18.9 Å². The van der Waals surface area contributed by atoms with E-state index in [1.54, 1.807) is 6.92 Å². The smallest absolute Gasteiger partial charge is 0.375 e. The predicted octanol–water partition coefficient (Wildman–Crippen LogP) is 1.42. The van der Waals surface area contributed by atoms with Crippen molar-refractivity contribution in [3.8, 4) is 0 Å². The minimum atomic E-state index is -4.96. The van der Waals surface area contributed by atoms with Crippen molar-refractivity contribution in [1.29, 1.82) is 0 Å². The van der Waals surface area contributed by atoms with Gasteiger partial charge in [-0.2, -0.15) is 13.2 Å². The number of hydrogen-bond acceptors (Lipinski definition) is 3. The zero-order valence-electron chi connectivity index (χ0n) is 13.1. The molecule has 1 aromatic carbocycles. The summed E-state index contributed by atoms with van der Waals surface area (Å²) in [6.07, 6.45) is -4.99. The summed E-state index contributed by atoms with van der Waals surface area (Å²) in [5, 5.41) is 12.3. The van der Waals surface area contributed by atoms with Crippen LogP contribution in [0.15, 0.2) is 30.3 Å². The predicted molar refractivity (Wildman–Crippen MR) is 79.8 cm³/mol. The molecular formula is C16H19F3N2O3. The van der Waals surface area contributed by atoms with Crippen LogP contribution in [0.3, 0.4) is 0 Å². The Morgan fingerprint density at radius 2 is 1.96 bits per heavy atom. The maximum absolute atomic E-state index is 13.3. The molecule has 0 saturated carbocycles. The average Bonchev–Trinajstić information content (AvgIpc) is 2.93. The number of nitrogens with zero attached hydrogens (tertiary/aromatic N) is 1. The number of carbonyl (C=O) groups is 2. The number of likely N-dealkylation sites (tertiary alicyclic amines) is 1. The van der Waals surface area contributed by atoms with E-state index < -0.39 is 30.1 Å². The van der Waals surface area contributed by atoms with Crippen LogP contribution in [0.2, 0.25) is 0 Å². The quantitative estimate of drug-likeness (QED) is 0.849. The number of halogens is 3. The summed E-state index contributed by atoms with van der Waals surface area (Å²) in [5.74, 6) is -1.57. The van der Waals surface area contributed by atoms with E-state index in [0.717, 1.165) is 12.1 Å². The van der Waals surface area contributed by atoms with E-state index in [4.69, 9.17) is 0 Å². The summed E-state index contributed by atoms with van der Waals surface area (Å²) < 4.78 is 40.0. The van der Waals surface area contributed by atoms with Gasteiger partial charge in [0.25, 0.3) is 0 Å². The first-order chi connectivity index (χ1) is 11.2. The van der Waals surface area contributed by atoms with Gasteiger partial charge in [-0.25, -0.2) is 0 Å². The molecular weight excluding hydrogens is 325 g/mol. The molecule has 0 bridgehead atoms. The molecule has 1 aliphatic heterocycles. The lowest BCUT2D eigenvalue weighted by atomic mass is 9.92. The van der Waals surface area contributed by atoms with E-state index in [-0.39, 0.29) is 24.4 Å². The molecule has 1 heterocycles. The molecule has 24 heavy (non-hydrogen) atoms. The zero-order valence-corrected chi connectivity index (χ0v) is 13.1. The van der Waals surface area contributed by atoms with E-state index in [1.807, 2.05) is 0 Å². The summed E-state index contributed by atoms with van der Waals surface area (Å²) >= 11 is 0. The van der Waals surface area contributed by atoms with Gasteiger partial charge < -0.3 is 15.3 Å². The number of aliphatic hydroxyl groups is 1. The maximum Gasteiger partial charge on any atom is 0.423 e. The van der Waals surface area contributed by atoms with E-state index in [2.05, 4.69) is 5.32 Å². The Morgan fingerprint density at radius 3 is 2.46 bits per heavy atom. The molecule has 0 aromatic heterocycles. The molecule has 2 N–H and O–H groups in total. The molecule has 5 nitrogen and oxygen atoms in total. The normalized spacial score (nSPS) is 20.8. The Hall–Kier alpha value is -2.09. The van der Waals surface area contributed by atoms with Gasteiger partial charge in [-0.1, -0.05) is 30.3 Å². The number of carbonyl (C=O) groups excluding carboxylic acids is 2. The molecule has 2 amide bonds. The van der Waals surface area contributed by atoms with Gasteiger partial charge in [0.2, 0.25) is 17.4 Å². The lowest BCUT2D eigenvalue weighted by Crippen LogP contribution is -2.52. The molecule has 0 spiro atoms. The minimum Gasteiger partial charge on any atom is -0.375 e. The van der Waals surface area contributed by atoms with Crippen LogP contribution in [-0.2, 0) is 15.2 Å². The summed E-state index contributed by atoms with van der Waals surface area (Å²) in [7, 11) is 0. The van der Waals surface area contributed by atoms with Crippen LogP contribution in [-0.4, -0.2) is 47.6 Å². The van der Waals surface area contributed by atoms with Crippen LogP contribution in [0.5, 0.6) is 0 Å². The van der Waals surface area contributed by atoms with Crippen molar-refractivity contribution in [2.24, 2.45) is 5.92 Å². The molecule has 1 aliphatic rings. The summed E-state index contributed by atoms with van der Waals surface area (Å²) in [5.41, 5.74) is -3.53. The molecule has 0 radical (unpaired) electrons. The number of alkyl halides is 3. The van der Waals surface area contributed by atoms with Gasteiger partial charge in [-0.3, -0.25) is 9.59 Å². The molecule has 132 valence electrons. The second-order valence-electron chi connectivity index (χ2n) is 5.78. The Balaban J connectivity index is 2.09. The Kier molecular flexibility index (Phi) is 5.17. The molecule has 1 fully saturated rings. The van der Waals surface area contributed by atoms with Crippen molar-refractivity contribution in [3.63, 3.8) is 0 Å². The number of hydrogen-bond donors (Lipinski definition) is 2. The van der Waals surface area contributed by atoms with Gasteiger partial charge in [0.15, 0.2) is 0 Å². The van der Waals surface area contributed by atoms with Crippen LogP contribution in [0.4, 0.5) is 13.2 Å². The average molecular weight is 344 g/mol. The molecule has 1 aromatic rings. The molecule has 2 rings (SSSR count). The largest absolute Gasteiger partial charge is 0.423 e. The van der Waals surface area contributed by atoms with Crippen molar-refractivity contribution in [3.05, 3.63) is 35.9 Å². The fourth-order valence-corrected chi connectivity index (χ4v) is 2.69. The number of rotatable bonds is 5. The van der Waals surface area contributed by atoms with Gasteiger partial charge in [0, 0.05) is 19.5 Å². The molecule has 0 aliphatic carbocycles. The number of amides is 2. The fraction of sp³-hybridized carbons (Fsp3) is 0.500. The summed E-state index contributed by atoms with van der Waals surface area (Å²) in [4.78, 5) is 25.2. The highest BCUT2D eigenvalue weighted by Gasteiger charge is 2.55. The Labute approximate surface area is 137 Å². The lowest BCUT2D eigenvalue weighted by Gasteiger charge is -2.31. The third-order valence-electron chi connectivity index (χ3n) is 4.21. The van der Waals surface area contributed by atoms with E-state index in [0.29, 0.717) is 6.54 Å². The molecule has 0 unspecified atom stereocenters. The lowest BCUT2D eigenvalue weighted by molar-refractivity contribution is -0.264. The Bertz CT molecular complexity index is 606. The second kappa shape index (κ2) is 6.80. The maximum atomic E-state index is 13.3. The van der Waals surface area contributed by atoms with Gasteiger partial charge in [0.1, 0.15) is 0 Å². The van der Waals surface area contributed by atoms with E-state index in [1.165, 1.54) is 23.1 Å². The highest BCUT2D eigenvalue weighted by atomic mass is 19.4. The second-order valence-corrected chi connectivity index (χ2v) is 5.78. The molecule has 2 atom stereocenters. The standard InChI is InChI=1S/C16H19F3N2O3/c1-2-21-9-11(8-13(21)22)14(23)20-10-15(24,16(17,18)19)12-6-4-3-5-7-12/h3-7,11,24H,2,8-10H2,1H3,(H,20,23)/t11-,15+/m0/s1. The molecule has 1 saturated heterocycles. The van der Waals surface area contributed by atoms with Gasteiger partial charge in [-0.15, -0.1) is 0 Å². The number of benzene rings is 1. The SMILES string of the molecule is CCN1C[C@@H](C(=O)NC[C@@](O)(c2ccccc2)C(F)(F)F)CC1=O. The first-order valence-electron chi connectivity index (χ1n) is 7.59. The fourth-order valence-electron chi connectivity index (χ4n) is 2.69. The van der Waals surface area contributed by atoms with Crippen molar-refractivity contribution in [2.45, 2.75) is 25.1 Å².